The lowest BCUT2D eigenvalue weighted by atomic mass is 10.2. The zero-order chi connectivity index (χ0) is 16.1. The predicted molar refractivity (Wildman–Crippen MR) is 102 cm³/mol. The van der Waals surface area contributed by atoms with Crippen molar-refractivity contribution in [1.82, 2.24) is 10.2 Å². The number of nitrogens with zero attached hydrogens (tertiary/aromatic N) is 2. The molecule has 0 atom stereocenters. The minimum absolute atomic E-state index is 0. The summed E-state index contributed by atoms with van der Waals surface area (Å²) in [6.45, 7) is 10.0. The van der Waals surface area contributed by atoms with E-state index in [1.807, 2.05) is 18.7 Å². The lowest BCUT2D eigenvalue weighted by molar-refractivity contribution is 0.0775. The normalized spacial score (nSPS) is 20.6. The van der Waals surface area contributed by atoms with E-state index in [4.69, 9.17) is 4.74 Å². The highest BCUT2D eigenvalue weighted by Gasteiger charge is 2.40. The Hall–Kier alpha value is -0.0900. The maximum atomic E-state index is 12.0. The van der Waals surface area contributed by atoms with Crippen LogP contribution in [0.4, 0.5) is 0 Å². The number of sulfone groups is 1. The van der Waals surface area contributed by atoms with Gasteiger partial charge in [0.15, 0.2) is 15.8 Å². The Morgan fingerprint density at radius 2 is 2.05 bits per heavy atom. The van der Waals surface area contributed by atoms with Gasteiger partial charge in [0.05, 0.1) is 16.6 Å². The van der Waals surface area contributed by atoms with Crippen LogP contribution in [0.15, 0.2) is 4.99 Å². The van der Waals surface area contributed by atoms with Gasteiger partial charge in [0, 0.05) is 33.3 Å². The molecule has 0 amide bonds. The number of hydrogen-bond acceptors (Lipinski definition) is 4. The number of rotatable bonds is 5. The second-order valence-electron chi connectivity index (χ2n) is 6.25. The van der Waals surface area contributed by atoms with Crippen molar-refractivity contribution in [3.63, 3.8) is 0 Å². The van der Waals surface area contributed by atoms with Crippen LogP contribution in [0.25, 0.3) is 0 Å². The first-order valence-electron chi connectivity index (χ1n) is 7.49. The molecule has 0 spiro atoms. The molecule has 0 aromatic rings. The van der Waals surface area contributed by atoms with Crippen molar-refractivity contribution in [3.8, 4) is 0 Å². The van der Waals surface area contributed by atoms with Crippen molar-refractivity contribution in [2.45, 2.75) is 45.0 Å². The standard InChI is InChI=1S/C14H29N3O3S.HI/c1-12(2)20-9-6-7-16-13(15-5)17-8-10-21(18,19)14(3,4)11-17;/h12H,6-11H2,1-5H3,(H,15,16);1H. The average Bonchev–Trinajstić information content (AvgIpc) is 2.37. The van der Waals surface area contributed by atoms with Crippen molar-refractivity contribution in [2.75, 3.05) is 39.0 Å². The SMILES string of the molecule is CN=C(NCCCOC(C)C)N1CCS(=O)(=O)C(C)(C)C1.I. The minimum atomic E-state index is -3.02. The molecule has 0 aliphatic carbocycles. The monoisotopic (exact) mass is 447 g/mol. The van der Waals surface area contributed by atoms with Gasteiger partial charge in [-0.15, -0.1) is 24.0 Å². The third-order valence-corrected chi connectivity index (χ3v) is 6.14. The molecule has 8 heteroatoms. The van der Waals surface area contributed by atoms with Crippen LogP contribution in [0, 0.1) is 0 Å². The zero-order valence-corrected chi connectivity index (χ0v) is 17.4. The summed E-state index contributed by atoms with van der Waals surface area (Å²) in [5.41, 5.74) is 0. The number of ether oxygens (including phenoxy) is 1. The highest BCUT2D eigenvalue weighted by Crippen LogP contribution is 2.23. The summed E-state index contributed by atoms with van der Waals surface area (Å²) in [4.78, 5) is 6.27. The van der Waals surface area contributed by atoms with E-state index in [1.165, 1.54) is 0 Å². The molecule has 0 aromatic heterocycles. The van der Waals surface area contributed by atoms with E-state index in [0.29, 0.717) is 19.7 Å². The second-order valence-corrected chi connectivity index (χ2v) is 8.99. The maximum absolute atomic E-state index is 12.0. The van der Waals surface area contributed by atoms with Crippen LogP contribution in [-0.4, -0.2) is 69.2 Å². The van der Waals surface area contributed by atoms with Crippen LogP contribution in [-0.2, 0) is 14.6 Å². The smallest absolute Gasteiger partial charge is 0.193 e. The average molecular weight is 447 g/mol. The van der Waals surface area contributed by atoms with E-state index in [1.54, 1.807) is 20.9 Å². The van der Waals surface area contributed by atoms with Gasteiger partial charge in [-0.3, -0.25) is 4.99 Å². The van der Waals surface area contributed by atoms with Gasteiger partial charge in [-0.05, 0) is 34.1 Å². The summed E-state index contributed by atoms with van der Waals surface area (Å²) in [5.74, 6) is 0.944. The largest absolute Gasteiger partial charge is 0.379 e. The molecule has 1 fully saturated rings. The summed E-state index contributed by atoms with van der Waals surface area (Å²) >= 11 is 0. The van der Waals surface area contributed by atoms with Gasteiger partial charge in [-0.2, -0.15) is 0 Å². The van der Waals surface area contributed by atoms with Crippen LogP contribution in [0.2, 0.25) is 0 Å². The van der Waals surface area contributed by atoms with Gasteiger partial charge >= 0.3 is 0 Å². The lowest BCUT2D eigenvalue weighted by Crippen LogP contribution is -2.57. The van der Waals surface area contributed by atoms with Crippen LogP contribution >= 0.6 is 24.0 Å². The van der Waals surface area contributed by atoms with E-state index in [9.17, 15) is 8.42 Å². The molecular weight excluding hydrogens is 417 g/mol. The summed E-state index contributed by atoms with van der Waals surface area (Å²) in [6.07, 6.45) is 1.14. The predicted octanol–water partition coefficient (Wildman–Crippen LogP) is 1.50. The Kier molecular flexibility index (Phi) is 9.23. The Morgan fingerprint density at radius 1 is 1.41 bits per heavy atom. The first-order valence-corrected chi connectivity index (χ1v) is 9.14. The molecule has 132 valence electrons. The Morgan fingerprint density at radius 3 is 2.55 bits per heavy atom. The van der Waals surface area contributed by atoms with Crippen molar-refractivity contribution >= 4 is 39.8 Å². The third kappa shape index (κ3) is 6.19. The number of hydrogen-bond donors (Lipinski definition) is 1. The van der Waals surface area contributed by atoms with Crippen molar-refractivity contribution < 1.29 is 13.2 Å². The topological polar surface area (TPSA) is 71.0 Å². The molecule has 0 aromatic carbocycles. The van der Waals surface area contributed by atoms with E-state index in [-0.39, 0.29) is 35.8 Å². The minimum Gasteiger partial charge on any atom is -0.379 e. The molecule has 1 aliphatic rings. The van der Waals surface area contributed by atoms with Gasteiger partial charge < -0.3 is 15.0 Å². The molecule has 1 aliphatic heterocycles. The first kappa shape index (κ1) is 21.9. The fraction of sp³-hybridized carbons (Fsp3) is 0.929. The highest BCUT2D eigenvalue weighted by atomic mass is 127. The third-order valence-electron chi connectivity index (χ3n) is 3.61. The number of guanidine groups is 1. The van der Waals surface area contributed by atoms with E-state index >= 15 is 0 Å². The summed E-state index contributed by atoms with van der Waals surface area (Å²) in [6, 6.07) is 0. The number of aliphatic imine (C=N–C) groups is 1. The van der Waals surface area contributed by atoms with Gasteiger partial charge in [0.2, 0.25) is 0 Å². The fourth-order valence-electron chi connectivity index (χ4n) is 2.25. The van der Waals surface area contributed by atoms with Crippen LogP contribution < -0.4 is 5.32 Å². The summed E-state index contributed by atoms with van der Waals surface area (Å²) in [7, 11) is -1.29. The van der Waals surface area contributed by atoms with Crippen molar-refractivity contribution in [2.24, 2.45) is 4.99 Å². The molecule has 0 bridgehead atoms. The van der Waals surface area contributed by atoms with Crippen molar-refractivity contribution in [3.05, 3.63) is 0 Å². The van der Waals surface area contributed by atoms with Gasteiger partial charge in [0.1, 0.15) is 0 Å². The summed E-state index contributed by atoms with van der Waals surface area (Å²) in [5, 5.41) is 3.28. The Bertz CT molecular complexity index is 464. The molecule has 0 radical (unpaired) electrons. The molecule has 1 rings (SSSR count). The van der Waals surface area contributed by atoms with E-state index in [2.05, 4.69) is 10.3 Å². The highest BCUT2D eigenvalue weighted by molar-refractivity contribution is 14.0. The Labute approximate surface area is 152 Å². The molecular formula is C14H30IN3O3S. The van der Waals surface area contributed by atoms with Gasteiger partial charge in [0.25, 0.3) is 0 Å². The zero-order valence-electron chi connectivity index (χ0n) is 14.3. The molecule has 1 N–H and O–H groups in total. The summed E-state index contributed by atoms with van der Waals surface area (Å²) < 4.78 is 28.8. The van der Waals surface area contributed by atoms with Crippen LogP contribution in [0.3, 0.4) is 0 Å². The van der Waals surface area contributed by atoms with Gasteiger partial charge in [-0.1, -0.05) is 0 Å². The number of nitrogens with one attached hydrogen (secondary N) is 1. The molecule has 6 nitrogen and oxygen atoms in total. The molecule has 1 heterocycles. The maximum Gasteiger partial charge on any atom is 0.193 e. The quantitative estimate of drug-likeness (QED) is 0.300. The van der Waals surface area contributed by atoms with Crippen molar-refractivity contribution in [1.29, 1.82) is 0 Å². The molecule has 0 unspecified atom stereocenters. The van der Waals surface area contributed by atoms with Gasteiger partial charge in [-0.25, -0.2) is 8.42 Å². The lowest BCUT2D eigenvalue weighted by Gasteiger charge is -2.39. The Balaban J connectivity index is 0.00000441. The second kappa shape index (κ2) is 9.27. The molecule has 22 heavy (non-hydrogen) atoms. The fourth-order valence-corrected chi connectivity index (χ4v) is 3.61. The molecule has 1 saturated heterocycles. The number of halogens is 1. The van der Waals surface area contributed by atoms with E-state index in [0.717, 1.165) is 18.9 Å². The first-order chi connectivity index (χ1) is 9.69. The van der Waals surface area contributed by atoms with E-state index < -0.39 is 14.6 Å². The van der Waals surface area contributed by atoms with Crippen LogP contribution in [0.5, 0.6) is 0 Å². The molecule has 0 saturated carbocycles. The van der Waals surface area contributed by atoms with Crippen LogP contribution in [0.1, 0.15) is 34.1 Å².